The van der Waals surface area contributed by atoms with Gasteiger partial charge < -0.3 is 39.9 Å². The Morgan fingerprint density at radius 3 is 1.76 bits per heavy atom. The Balaban J connectivity index is 4.65. The fourth-order valence-electron chi connectivity index (χ4n) is 5.52. The first kappa shape index (κ1) is 55.5. The van der Waals surface area contributed by atoms with Crippen LogP contribution in [0.5, 0.6) is 0 Å². The number of aliphatic hydroxyl groups is 5. The number of ether oxygens (including phenoxy) is 2. The van der Waals surface area contributed by atoms with Gasteiger partial charge in [-0.25, -0.2) is 4.57 Å². The first-order valence-electron chi connectivity index (χ1n) is 21.4. The number of rotatable bonds is 38. The molecule has 0 aromatic rings. The van der Waals surface area contributed by atoms with Gasteiger partial charge in [-0.2, -0.15) is 0 Å². The van der Waals surface area contributed by atoms with Crippen LogP contribution in [0.25, 0.3) is 0 Å². The van der Waals surface area contributed by atoms with Crippen LogP contribution in [0.4, 0.5) is 0 Å². The Morgan fingerprint density at radius 2 is 1.17 bits per heavy atom. The molecule has 0 rings (SSSR count). The summed E-state index contributed by atoms with van der Waals surface area (Å²) in [5.74, 6) is -0.470. The summed E-state index contributed by atoms with van der Waals surface area (Å²) in [5.41, 5.74) is 0. The molecule has 0 saturated heterocycles. The minimum Gasteiger partial charge on any atom is -0.462 e. The molecule has 336 valence electrons. The third kappa shape index (κ3) is 36.6. The average molecular weight is 845 g/mol. The highest BCUT2D eigenvalue weighted by molar-refractivity contribution is 7.47. The molecule has 0 heterocycles. The minimum absolute atomic E-state index is 0.0620. The maximum absolute atomic E-state index is 12.6. The molecular weight excluding hydrogens is 767 g/mol. The van der Waals surface area contributed by atoms with Gasteiger partial charge in [0.2, 0.25) is 0 Å². The van der Waals surface area contributed by atoms with Crippen molar-refractivity contribution in [2.75, 3.05) is 26.4 Å². The first-order valence-corrected chi connectivity index (χ1v) is 22.9. The van der Waals surface area contributed by atoms with Crippen molar-refractivity contribution in [2.24, 2.45) is 5.92 Å². The Hall–Kier alpha value is -2.45. The van der Waals surface area contributed by atoms with Gasteiger partial charge in [0, 0.05) is 12.8 Å². The highest BCUT2D eigenvalue weighted by atomic mass is 31.2. The quantitative estimate of drug-likeness (QED) is 0.0115. The van der Waals surface area contributed by atoms with Crippen LogP contribution in [0.2, 0.25) is 0 Å². The van der Waals surface area contributed by atoms with Crippen LogP contribution in [-0.4, -0.2) is 99.3 Å². The van der Waals surface area contributed by atoms with E-state index in [1.165, 1.54) is 63.9 Å². The van der Waals surface area contributed by atoms with E-state index in [9.17, 15) is 39.5 Å². The van der Waals surface area contributed by atoms with Gasteiger partial charge in [0.1, 0.15) is 12.7 Å². The maximum Gasteiger partial charge on any atom is 0.472 e. The molecule has 0 spiro atoms. The second-order valence-corrected chi connectivity index (χ2v) is 16.5. The number of allylic oxidation sites excluding steroid dienone is 7. The summed E-state index contributed by atoms with van der Waals surface area (Å²) in [7, 11) is -4.72. The number of carbonyl (C=O) groups excluding carboxylic acids is 2. The molecule has 0 aromatic carbocycles. The van der Waals surface area contributed by atoms with Crippen molar-refractivity contribution in [3.63, 3.8) is 0 Å². The van der Waals surface area contributed by atoms with Crippen molar-refractivity contribution in [1.29, 1.82) is 0 Å². The Morgan fingerprint density at radius 1 is 0.638 bits per heavy atom. The van der Waals surface area contributed by atoms with E-state index < -0.39 is 76.7 Å². The predicted octanol–water partition coefficient (Wildman–Crippen LogP) is 7.88. The van der Waals surface area contributed by atoms with E-state index in [1.807, 2.05) is 19.1 Å². The molecule has 0 aliphatic rings. The molecule has 13 nitrogen and oxygen atoms in total. The van der Waals surface area contributed by atoms with Crippen LogP contribution in [0.1, 0.15) is 143 Å². The van der Waals surface area contributed by atoms with Gasteiger partial charge in [0.15, 0.2) is 6.10 Å². The van der Waals surface area contributed by atoms with Crippen molar-refractivity contribution in [3.05, 3.63) is 60.8 Å². The van der Waals surface area contributed by atoms with Crippen molar-refractivity contribution < 1.29 is 63.1 Å². The summed E-state index contributed by atoms with van der Waals surface area (Å²) in [6.07, 6.45) is 28.5. The Bertz CT molecular complexity index is 1220. The van der Waals surface area contributed by atoms with Crippen molar-refractivity contribution in [3.8, 4) is 0 Å². The van der Waals surface area contributed by atoms with E-state index in [0.717, 1.165) is 31.6 Å². The second kappa shape index (κ2) is 37.5. The zero-order valence-electron chi connectivity index (χ0n) is 35.5. The summed E-state index contributed by atoms with van der Waals surface area (Å²) in [6.45, 7) is 4.09. The SMILES string of the molecule is CC/C=C\C[C@H](O)/C=C/C=C/C=C\C=C/[C@@H](O)[C@H](O)CCCC(=O)O[C@H](COC(=O)CCCCCCCCCCCCCCC(C)C)COP(=O)(O)OC[C@@H](O)CO. The first-order chi connectivity index (χ1) is 27.8. The zero-order chi connectivity index (χ0) is 43.3. The fourth-order valence-corrected chi connectivity index (χ4v) is 6.31. The lowest BCUT2D eigenvalue weighted by molar-refractivity contribution is -0.161. The molecule has 1 unspecified atom stereocenters. The standard InChI is InChI=1S/C44H77O13P/c1-4-5-20-27-38(46)28-22-17-14-15-18-23-29-41(48)42(49)30-25-32-44(51)57-40(36-56-58(52,53)55-34-39(47)33-45)35-54-43(50)31-24-19-13-11-9-7-6-8-10-12-16-21-26-37(2)3/h5,14-15,17-18,20,22-23,28-29,37-42,45-49H,4,6-13,16,19,21,24-27,30-36H2,1-3H3,(H,52,53)/b17-14+,18-15-,20-5-,28-22+,29-23-/t38-,39-,40+,41+,42+/m0/s1. The number of phosphoric ester groups is 1. The number of unbranched alkanes of at least 4 members (excludes halogenated alkanes) is 11. The van der Waals surface area contributed by atoms with Crippen LogP contribution >= 0.6 is 7.82 Å². The number of phosphoric acid groups is 1. The fraction of sp³-hybridized carbons (Fsp3) is 0.727. The minimum atomic E-state index is -4.72. The van der Waals surface area contributed by atoms with Crippen LogP contribution in [0.3, 0.4) is 0 Å². The highest BCUT2D eigenvalue weighted by Gasteiger charge is 2.27. The van der Waals surface area contributed by atoms with E-state index in [2.05, 4.69) is 18.4 Å². The average Bonchev–Trinajstić information content (AvgIpc) is 3.18. The molecule has 6 atom stereocenters. The molecule has 0 aliphatic carbocycles. The summed E-state index contributed by atoms with van der Waals surface area (Å²) in [4.78, 5) is 35.0. The van der Waals surface area contributed by atoms with Crippen LogP contribution in [0.15, 0.2) is 60.8 Å². The van der Waals surface area contributed by atoms with E-state index in [1.54, 1.807) is 42.5 Å². The van der Waals surface area contributed by atoms with Gasteiger partial charge in [-0.1, -0.05) is 159 Å². The van der Waals surface area contributed by atoms with Crippen molar-refractivity contribution in [2.45, 2.75) is 173 Å². The smallest absolute Gasteiger partial charge is 0.462 e. The predicted molar refractivity (Wildman–Crippen MR) is 228 cm³/mol. The van der Waals surface area contributed by atoms with Crippen molar-refractivity contribution in [1.82, 2.24) is 0 Å². The van der Waals surface area contributed by atoms with E-state index in [0.29, 0.717) is 12.8 Å². The van der Waals surface area contributed by atoms with Crippen LogP contribution in [-0.2, 0) is 32.7 Å². The van der Waals surface area contributed by atoms with Crippen molar-refractivity contribution >= 4 is 19.8 Å². The zero-order valence-corrected chi connectivity index (χ0v) is 36.4. The molecule has 0 amide bonds. The van der Waals surface area contributed by atoms with Crippen LogP contribution < -0.4 is 0 Å². The molecule has 58 heavy (non-hydrogen) atoms. The van der Waals surface area contributed by atoms with E-state index in [4.69, 9.17) is 19.1 Å². The molecule has 0 fully saturated rings. The second-order valence-electron chi connectivity index (χ2n) is 15.0. The van der Waals surface area contributed by atoms with Gasteiger partial charge in [0.25, 0.3) is 0 Å². The maximum atomic E-state index is 12.6. The Labute approximate surface area is 348 Å². The third-order valence-corrected chi connectivity index (χ3v) is 9.91. The largest absolute Gasteiger partial charge is 0.472 e. The summed E-state index contributed by atoms with van der Waals surface area (Å²) >= 11 is 0. The number of aliphatic hydroxyl groups excluding tert-OH is 5. The van der Waals surface area contributed by atoms with E-state index in [-0.39, 0.29) is 25.7 Å². The number of hydrogen-bond donors (Lipinski definition) is 6. The molecule has 0 aliphatic heterocycles. The molecule has 0 radical (unpaired) electrons. The highest BCUT2D eigenvalue weighted by Crippen LogP contribution is 2.43. The van der Waals surface area contributed by atoms with Gasteiger partial charge >= 0.3 is 19.8 Å². The lowest BCUT2D eigenvalue weighted by atomic mass is 10.0. The molecule has 0 aromatic heterocycles. The van der Waals surface area contributed by atoms with Gasteiger partial charge in [-0.05, 0) is 38.0 Å². The summed E-state index contributed by atoms with van der Waals surface area (Å²) in [6, 6.07) is 0. The molecule has 0 saturated carbocycles. The van der Waals surface area contributed by atoms with Gasteiger partial charge in [0.05, 0.1) is 38.1 Å². The number of hydrogen-bond acceptors (Lipinski definition) is 12. The van der Waals surface area contributed by atoms with E-state index >= 15 is 0 Å². The van der Waals surface area contributed by atoms with Gasteiger partial charge in [-0.3, -0.25) is 18.6 Å². The normalized spacial score (nSPS) is 16.2. The van der Waals surface area contributed by atoms with Crippen LogP contribution in [0, 0.1) is 5.92 Å². The molecule has 6 N–H and O–H groups in total. The monoisotopic (exact) mass is 845 g/mol. The third-order valence-electron chi connectivity index (χ3n) is 8.96. The van der Waals surface area contributed by atoms with Gasteiger partial charge in [-0.15, -0.1) is 0 Å². The molecular formula is C44H77O13P. The number of carbonyl (C=O) groups is 2. The molecule has 0 bridgehead atoms. The topological polar surface area (TPSA) is 210 Å². The lowest BCUT2D eigenvalue weighted by Crippen LogP contribution is -2.30. The summed E-state index contributed by atoms with van der Waals surface area (Å²) < 4.78 is 32.4. The number of esters is 2. The molecule has 14 heteroatoms. The summed E-state index contributed by atoms with van der Waals surface area (Å²) in [5, 5.41) is 48.7. The lowest BCUT2D eigenvalue weighted by Gasteiger charge is -2.20. The Kier molecular flexibility index (Phi) is 36.0.